The van der Waals surface area contributed by atoms with Gasteiger partial charge < -0.3 is 15.0 Å². The van der Waals surface area contributed by atoms with Crippen LogP contribution >= 0.6 is 23.2 Å². The molecule has 1 saturated heterocycles. The number of aryl methyl sites for hydroxylation is 1. The van der Waals surface area contributed by atoms with E-state index in [9.17, 15) is 4.79 Å². The average Bonchev–Trinajstić information content (AvgIpc) is 2.64. The molecule has 1 aromatic carbocycles. The molecule has 26 heavy (non-hydrogen) atoms. The molecule has 3 rings (SSSR count). The number of amides is 1. The van der Waals surface area contributed by atoms with Crippen LogP contribution in [0.4, 0.5) is 11.5 Å². The van der Waals surface area contributed by atoms with Crippen LogP contribution in [0.3, 0.4) is 0 Å². The Balaban J connectivity index is 1.60. The molecular weight excluding hydrogens is 373 g/mol. The van der Waals surface area contributed by atoms with Crippen LogP contribution in [-0.4, -0.2) is 31.1 Å². The molecule has 1 N–H and O–H groups in total. The molecule has 0 bridgehead atoms. The number of halogens is 2. The van der Waals surface area contributed by atoms with E-state index in [0.29, 0.717) is 21.5 Å². The minimum absolute atomic E-state index is 0.00850. The zero-order chi connectivity index (χ0) is 18.7. The number of aromatic nitrogens is 1. The summed E-state index contributed by atoms with van der Waals surface area (Å²) in [5.41, 5.74) is 1.60. The van der Waals surface area contributed by atoms with Crippen molar-refractivity contribution in [2.75, 3.05) is 30.4 Å². The molecule has 1 aromatic heterocycles. The summed E-state index contributed by atoms with van der Waals surface area (Å²) in [7, 11) is 1.56. The van der Waals surface area contributed by atoms with E-state index in [2.05, 4.69) is 15.2 Å². The molecule has 0 atom stereocenters. The first-order valence-electron chi connectivity index (χ1n) is 8.50. The van der Waals surface area contributed by atoms with Crippen molar-refractivity contribution in [2.45, 2.75) is 19.8 Å². The highest BCUT2D eigenvalue weighted by Gasteiger charge is 2.26. The standard InChI is InChI=1S/C19H21Cl2N3O2/c1-12-3-5-15(20)18(22-12)24-9-7-13(8-10-24)19(25)23-14-4-6-17(26-2)16(21)11-14/h3-6,11,13H,7-10H2,1-2H3,(H,23,25). The number of piperidine rings is 1. The predicted molar refractivity (Wildman–Crippen MR) is 106 cm³/mol. The third-order valence-corrected chi connectivity index (χ3v) is 5.14. The van der Waals surface area contributed by atoms with Crippen molar-refractivity contribution in [3.05, 3.63) is 46.1 Å². The molecule has 0 aliphatic carbocycles. The van der Waals surface area contributed by atoms with Crippen LogP contribution in [0.5, 0.6) is 5.75 Å². The van der Waals surface area contributed by atoms with Crippen LogP contribution in [0, 0.1) is 12.8 Å². The fourth-order valence-corrected chi connectivity index (χ4v) is 3.57. The van der Waals surface area contributed by atoms with Gasteiger partial charge in [-0.3, -0.25) is 4.79 Å². The number of pyridine rings is 1. The number of benzene rings is 1. The highest BCUT2D eigenvalue weighted by molar-refractivity contribution is 6.33. The van der Waals surface area contributed by atoms with Gasteiger partial charge in [-0.05, 0) is 50.1 Å². The number of rotatable bonds is 4. The average molecular weight is 394 g/mol. The zero-order valence-corrected chi connectivity index (χ0v) is 16.3. The van der Waals surface area contributed by atoms with Crippen LogP contribution in [0.1, 0.15) is 18.5 Å². The van der Waals surface area contributed by atoms with Gasteiger partial charge in [0.05, 0.1) is 17.2 Å². The summed E-state index contributed by atoms with van der Waals surface area (Å²) >= 11 is 12.4. The van der Waals surface area contributed by atoms with Gasteiger partial charge in [-0.2, -0.15) is 0 Å². The summed E-state index contributed by atoms with van der Waals surface area (Å²) in [6.45, 7) is 3.44. The predicted octanol–water partition coefficient (Wildman–Crippen LogP) is 4.56. The van der Waals surface area contributed by atoms with Crippen molar-refractivity contribution in [3.63, 3.8) is 0 Å². The van der Waals surface area contributed by atoms with Crippen LogP contribution < -0.4 is 15.0 Å². The smallest absolute Gasteiger partial charge is 0.227 e. The minimum Gasteiger partial charge on any atom is -0.495 e. The maximum absolute atomic E-state index is 12.6. The maximum Gasteiger partial charge on any atom is 0.227 e. The summed E-state index contributed by atoms with van der Waals surface area (Å²) in [6.07, 6.45) is 1.50. The molecule has 2 aromatic rings. The van der Waals surface area contributed by atoms with E-state index in [1.807, 2.05) is 19.1 Å². The second-order valence-electron chi connectivity index (χ2n) is 6.36. The SMILES string of the molecule is COc1ccc(NC(=O)C2CCN(c3nc(C)ccc3Cl)CC2)cc1Cl. The van der Waals surface area contributed by atoms with Gasteiger partial charge in [-0.25, -0.2) is 4.98 Å². The molecule has 1 fully saturated rings. The maximum atomic E-state index is 12.6. The van der Waals surface area contributed by atoms with Gasteiger partial charge in [-0.1, -0.05) is 23.2 Å². The van der Waals surface area contributed by atoms with Crippen molar-refractivity contribution in [3.8, 4) is 5.75 Å². The summed E-state index contributed by atoms with van der Waals surface area (Å²) in [5.74, 6) is 1.35. The van der Waals surface area contributed by atoms with Crippen molar-refractivity contribution < 1.29 is 9.53 Å². The highest BCUT2D eigenvalue weighted by Crippen LogP contribution is 2.30. The van der Waals surface area contributed by atoms with Crippen molar-refractivity contribution in [1.29, 1.82) is 0 Å². The molecule has 138 valence electrons. The molecule has 0 spiro atoms. The van der Waals surface area contributed by atoms with Gasteiger partial charge in [0.25, 0.3) is 0 Å². The topological polar surface area (TPSA) is 54.5 Å². The number of hydrogen-bond donors (Lipinski definition) is 1. The molecule has 5 nitrogen and oxygen atoms in total. The Morgan fingerprint density at radius 3 is 2.58 bits per heavy atom. The molecule has 0 unspecified atom stereocenters. The molecule has 0 saturated carbocycles. The second-order valence-corrected chi connectivity index (χ2v) is 7.17. The van der Waals surface area contributed by atoms with E-state index in [0.717, 1.165) is 37.4 Å². The quantitative estimate of drug-likeness (QED) is 0.826. The van der Waals surface area contributed by atoms with E-state index in [-0.39, 0.29) is 11.8 Å². The van der Waals surface area contributed by atoms with Gasteiger partial charge in [0, 0.05) is 30.4 Å². The third kappa shape index (κ3) is 4.22. The first-order valence-corrected chi connectivity index (χ1v) is 9.26. The normalized spacial score (nSPS) is 15.0. The second kappa shape index (κ2) is 8.14. The Bertz CT molecular complexity index is 805. The lowest BCUT2D eigenvalue weighted by Gasteiger charge is -2.32. The monoisotopic (exact) mass is 393 g/mol. The van der Waals surface area contributed by atoms with Crippen LogP contribution in [0.15, 0.2) is 30.3 Å². The van der Waals surface area contributed by atoms with Gasteiger partial charge in [0.1, 0.15) is 11.6 Å². The summed E-state index contributed by atoms with van der Waals surface area (Å²) < 4.78 is 5.13. The van der Waals surface area contributed by atoms with E-state index < -0.39 is 0 Å². The number of nitrogens with zero attached hydrogens (tertiary/aromatic N) is 2. The summed E-state index contributed by atoms with van der Waals surface area (Å²) in [4.78, 5) is 19.2. The number of carbonyl (C=O) groups is 1. The molecule has 1 amide bonds. The number of ether oxygens (including phenoxy) is 1. The largest absolute Gasteiger partial charge is 0.495 e. The number of anilines is 2. The van der Waals surface area contributed by atoms with Crippen molar-refractivity contribution in [1.82, 2.24) is 4.98 Å². The van der Waals surface area contributed by atoms with E-state index in [4.69, 9.17) is 27.9 Å². The van der Waals surface area contributed by atoms with Crippen LogP contribution in [-0.2, 0) is 4.79 Å². The lowest BCUT2D eigenvalue weighted by atomic mass is 9.95. The first-order chi connectivity index (χ1) is 12.5. The Morgan fingerprint density at radius 1 is 1.19 bits per heavy atom. The van der Waals surface area contributed by atoms with Crippen LogP contribution in [0.2, 0.25) is 10.0 Å². The fraction of sp³-hybridized carbons (Fsp3) is 0.368. The minimum atomic E-state index is -0.0456. The number of nitrogens with one attached hydrogen (secondary N) is 1. The Labute approximate surface area is 163 Å². The van der Waals surface area contributed by atoms with Gasteiger partial charge in [0.2, 0.25) is 5.91 Å². The molecule has 1 aliphatic rings. The fourth-order valence-electron chi connectivity index (χ4n) is 3.09. The Morgan fingerprint density at radius 2 is 1.92 bits per heavy atom. The van der Waals surface area contributed by atoms with Gasteiger partial charge in [0.15, 0.2) is 0 Å². The summed E-state index contributed by atoms with van der Waals surface area (Å²) in [5, 5.41) is 4.06. The third-order valence-electron chi connectivity index (χ3n) is 4.55. The number of carbonyl (C=O) groups excluding carboxylic acids is 1. The van der Waals surface area contributed by atoms with Gasteiger partial charge in [-0.15, -0.1) is 0 Å². The highest BCUT2D eigenvalue weighted by atomic mass is 35.5. The van der Waals surface area contributed by atoms with Crippen molar-refractivity contribution >= 4 is 40.6 Å². The van der Waals surface area contributed by atoms with E-state index >= 15 is 0 Å². The Hall–Kier alpha value is -1.98. The lowest BCUT2D eigenvalue weighted by Crippen LogP contribution is -2.38. The van der Waals surface area contributed by atoms with E-state index in [1.165, 1.54) is 0 Å². The van der Waals surface area contributed by atoms with E-state index in [1.54, 1.807) is 25.3 Å². The van der Waals surface area contributed by atoms with Crippen molar-refractivity contribution in [2.24, 2.45) is 5.92 Å². The molecule has 0 radical (unpaired) electrons. The Kier molecular flexibility index (Phi) is 5.89. The lowest BCUT2D eigenvalue weighted by molar-refractivity contribution is -0.120. The zero-order valence-electron chi connectivity index (χ0n) is 14.8. The van der Waals surface area contributed by atoms with Crippen LogP contribution in [0.25, 0.3) is 0 Å². The summed E-state index contributed by atoms with van der Waals surface area (Å²) in [6, 6.07) is 8.99. The first kappa shape index (κ1) is 18.8. The molecule has 2 heterocycles. The molecule has 7 heteroatoms. The number of methoxy groups -OCH3 is 1. The molecule has 1 aliphatic heterocycles. The molecular formula is C19H21Cl2N3O2. The number of hydrogen-bond acceptors (Lipinski definition) is 4. The van der Waals surface area contributed by atoms with Gasteiger partial charge >= 0.3 is 0 Å².